The topological polar surface area (TPSA) is 17.1 Å². The van der Waals surface area contributed by atoms with Gasteiger partial charge in [0.15, 0.2) is 0 Å². The predicted octanol–water partition coefficient (Wildman–Crippen LogP) is 5.96. The number of unbranched alkanes of at least 4 members (excludes halogenated alkanes) is 4. The lowest BCUT2D eigenvalue weighted by Crippen LogP contribution is -1.80. The van der Waals surface area contributed by atoms with Crippen LogP contribution < -0.4 is 0 Å². The van der Waals surface area contributed by atoms with Crippen LogP contribution in [-0.4, -0.2) is 5.78 Å². The number of hydrogen-bond donors (Lipinski definition) is 0. The molecule has 1 nitrogen and oxygen atoms in total. The summed E-state index contributed by atoms with van der Waals surface area (Å²) in [5, 5.41) is 0. The highest BCUT2D eigenvalue weighted by Gasteiger charge is 1.80. The van der Waals surface area contributed by atoms with E-state index in [2.05, 4.69) is 32.9 Å². The number of hydrogen-bond acceptors (Lipinski definition) is 1. The molecule has 0 spiro atoms. The van der Waals surface area contributed by atoms with Gasteiger partial charge >= 0.3 is 0 Å². The van der Waals surface area contributed by atoms with E-state index < -0.39 is 0 Å². The van der Waals surface area contributed by atoms with Gasteiger partial charge in [-0.1, -0.05) is 88.8 Å². The summed E-state index contributed by atoms with van der Waals surface area (Å²) in [6, 6.07) is 10.3. The molecule has 0 aliphatic heterocycles. The van der Waals surface area contributed by atoms with Gasteiger partial charge in [0.1, 0.15) is 5.78 Å². The molecule has 0 unspecified atom stereocenters. The van der Waals surface area contributed by atoms with Crippen molar-refractivity contribution < 1.29 is 4.79 Å². The molecule has 0 fully saturated rings. The van der Waals surface area contributed by atoms with E-state index in [9.17, 15) is 4.79 Å². The van der Waals surface area contributed by atoms with Gasteiger partial charge in [-0.05, 0) is 13.8 Å². The summed E-state index contributed by atoms with van der Waals surface area (Å²) < 4.78 is 0. The second-order valence-corrected chi connectivity index (χ2v) is 4.77. The van der Waals surface area contributed by atoms with Crippen LogP contribution in [0.1, 0.15) is 71.8 Å². The average Bonchev–Trinajstić information content (AvgIpc) is 2.41. The van der Waals surface area contributed by atoms with Crippen molar-refractivity contribution in [2.24, 2.45) is 0 Å². The largest absolute Gasteiger partial charge is 0.300 e. The number of Topliss-reactive ketones (excluding diaryl/α,β-unsaturated/α-hetero) is 1. The standard InChI is InChI=1S/C7H8.C7H16.C4H8O/c1-7-5-3-2-4-6-7;1-3-5-7-6-4-2;1-3-4(2)5/h2-6H,1H3;3-7H2,1-2H3;3H2,1-2H3. The van der Waals surface area contributed by atoms with E-state index in [1.165, 1.54) is 37.7 Å². The van der Waals surface area contributed by atoms with Crippen LogP contribution in [0.25, 0.3) is 0 Å². The quantitative estimate of drug-likeness (QED) is 0.600. The smallest absolute Gasteiger partial charge is 0.129 e. The zero-order valence-electron chi connectivity index (χ0n) is 13.5. The number of ketones is 1. The van der Waals surface area contributed by atoms with Gasteiger partial charge < -0.3 is 4.79 Å². The van der Waals surface area contributed by atoms with Crippen molar-refractivity contribution >= 4 is 5.78 Å². The van der Waals surface area contributed by atoms with Gasteiger partial charge in [-0.2, -0.15) is 0 Å². The predicted molar refractivity (Wildman–Crippen MR) is 86.6 cm³/mol. The number of benzene rings is 1. The molecular formula is C18H32O. The fourth-order valence-electron chi connectivity index (χ4n) is 1.21. The molecule has 0 aliphatic rings. The van der Waals surface area contributed by atoms with E-state index >= 15 is 0 Å². The first-order valence-corrected chi connectivity index (χ1v) is 7.59. The van der Waals surface area contributed by atoms with Crippen molar-refractivity contribution in [3.63, 3.8) is 0 Å². The first-order chi connectivity index (χ1) is 9.08. The van der Waals surface area contributed by atoms with Crippen molar-refractivity contribution in [3.05, 3.63) is 35.9 Å². The van der Waals surface area contributed by atoms with Crippen LogP contribution in [0.4, 0.5) is 0 Å². The highest BCUT2D eigenvalue weighted by molar-refractivity contribution is 5.74. The Hall–Kier alpha value is -1.11. The third-order valence-corrected chi connectivity index (χ3v) is 2.65. The van der Waals surface area contributed by atoms with Crippen LogP contribution in [0, 0.1) is 6.92 Å². The molecule has 0 amide bonds. The fraction of sp³-hybridized carbons (Fsp3) is 0.611. The minimum atomic E-state index is 0.255. The van der Waals surface area contributed by atoms with Gasteiger partial charge in [-0.15, -0.1) is 0 Å². The minimum Gasteiger partial charge on any atom is -0.300 e. The highest BCUT2D eigenvalue weighted by atomic mass is 16.1. The van der Waals surface area contributed by atoms with Crippen LogP contribution in [0.5, 0.6) is 0 Å². The molecule has 0 radical (unpaired) electrons. The maximum Gasteiger partial charge on any atom is 0.129 e. The zero-order valence-corrected chi connectivity index (χ0v) is 13.5. The number of aryl methyl sites for hydroxylation is 1. The summed E-state index contributed by atoms with van der Waals surface area (Å²) >= 11 is 0. The molecule has 0 aromatic heterocycles. The van der Waals surface area contributed by atoms with E-state index in [0.717, 1.165) is 0 Å². The van der Waals surface area contributed by atoms with Gasteiger partial charge in [-0.25, -0.2) is 0 Å². The Morgan fingerprint density at radius 1 is 0.895 bits per heavy atom. The third kappa shape index (κ3) is 22.5. The van der Waals surface area contributed by atoms with E-state index in [-0.39, 0.29) is 5.78 Å². The van der Waals surface area contributed by atoms with Gasteiger partial charge in [0.2, 0.25) is 0 Å². The van der Waals surface area contributed by atoms with E-state index in [1.54, 1.807) is 6.92 Å². The van der Waals surface area contributed by atoms with Gasteiger partial charge in [-0.3, -0.25) is 0 Å². The summed E-state index contributed by atoms with van der Waals surface area (Å²) in [4.78, 5) is 9.81. The number of carbonyl (C=O) groups excluding carboxylic acids is 1. The Morgan fingerprint density at radius 3 is 1.53 bits per heavy atom. The summed E-state index contributed by atoms with van der Waals surface area (Å²) in [7, 11) is 0. The molecule has 1 aromatic rings. The molecule has 0 bridgehead atoms. The lowest BCUT2D eigenvalue weighted by molar-refractivity contribution is -0.116. The van der Waals surface area contributed by atoms with Crippen molar-refractivity contribution in [1.29, 1.82) is 0 Å². The molecule has 0 atom stereocenters. The minimum absolute atomic E-state index is 0.255. The first kappa shape index (κ1) is 20.2. The lowest BCUT2D eigenvalue weighted by atomic mass is 10.2. The van der Waals surface area contributed by atoms with Crippen LogP contribution in [0.3, 0.4) is 0 Å². The molecule has 1 heteroatoms. The van der Waals surface area contributed by atoms with Gasteiger partial charge in [0.05, 0.1) is 0 Å². The Bertz CT molecular complexity index is 273. The second kappa shape index (κ2) is 16.9. The third-order valence-electron chi connectivity index (χ3n) is 2.65. The van der Waals surface area contributed by atoms with Crippen LogP contribution in [0.15, 0.2) is 30.3 Å². The normalized spacial score (nSPS) is 8.68. The van der Waals surface area contributed by atoms with Crippen LogP contribution in [-0.2, 0) is 4.79 Å². The molecule has 0 heterocycles. The summed E-state index contributed by atoms with van der Waals surface area (Å²) in [6.45, 7) is 10.0. The Morgan fingerprint density at radius 2 is 1.32 bits per heavy atom. The molecule has 19 heavy (non-hydrogen) atoms. The summed E-state index contributed by atoms with van der Waals surface area (Å²) in [5.74, 6) is 0.255. The van der Waals surface area contributed by atoms with Crippen molar-refractivity contribution in [2.45, 2.75) is 73.1 Å². The average molecular weight is 264 g/mol. The number of carbonyl (C=O) groups is 1. The Labute approximate surface area is 120 Å². The van der Waals surface area contributed by atoms with Gasteiger partial charge in [0, 0.05) is 6.42 Å². The van der Waals surface area contributed by atoms with Crippen LogP contribution in [0.2, 0.25) is 0 Å². The Kier molecular flexibility index (Phi) is 18.0. The molecule has 0 saturated carbocycles. The second-order valence-electron chi connectivity index (χ2n) is 4.77. The fourth-order valence-corrected chi connectivity index (χ4v) is 1.21. The molecule has 0 aliphatic carbocycles. The van der Waals surface area contributed by atoms with Crippen molar-refractivity contribution in [1.82, 2.24) is 0 Å². The molecule has 1 aromatic carbocycles. The monoisotopic (exact) mass is 264 g/mol. The van der Waals surface area contributed by atoms with Crippen molar-refractivity contribution in [3.8, 4) is 0 Å². The summed E-state index contributed by atoms with van der Waals surface area (Å²) in [6.07, 6.45) is 7.68. The zero-order chi connectivity index (χ0) is 14.9. The lowest BCUT2D eigenvalue weighted by Gasteiger charge is -1.90. The van der Waals surface area contributed by atoms with E-state index in [0.29, 0.717) is 6.42 Å². The van der Waals surface area contributed by atoms with E-state index in [4.69, 9.17) is 0 Å². The molecule has 0 N–H and O–H groups in total. The van der Waals surface area contributed by atoms with E-state index in [1.807, 2.05) is 25.1 Å². The summed E-state index contributed by atoms with van der Waals surface area (Å²) in [5.41, 5.74) is 1.32. The highest BCUT2D eigenvalue weighted by Crippen LogP contribution is 2.00. The SMILES string of the molecule is CCC(C)=O.CCCCCCC.Cc1ccccc1. The maximum atomic E-state index is 9.81. The molecule has 0 saturated heterocycles. The Balaban J connectivity index is 0. The first-order valence-electron chi connectivity index (χ1n) is 7.59. The maximum absolute atomic E-state index is 9.81. The van der Waals surface area contributed by atoms with Crippen molar-refractivity contribution in [2.75, 3.05) is 0 Å². The molecule has 1 rings (SSSR count). The molecular weight excluding hydrogens is 232 g/mol. The number of rotatable bonds is 5. The van der Waals surface area contributed by atoms with Gasteiger partial charge in [0.25, 0.3) is 0 Å². The van der Waals surface area contributed by atoms with Crippen LogP contribution >= 0.6 is 0 Å². The molecule has 110 valence electrons.